The van der Waals surface area contributed by atoms with Crippen LogP contribution in [-0.2, 0) is 19.9 Å². The third-order valence-electron chi connectivity index (χ3n) is 8.30. The summed E-state index contributed by atoms with van der Waals surface area (Å²) in [5.74, 6) is 0.398. The maximum Gasteiger partial charge on any atom is 0.261 e. The molecular formula is C31H33ClF2N6O4. The molecule has 0 aliphatic carbocycles. The lowest BCUT2D eigenvalue weighted by atomic mass is 10.0. The summed E-state index contributed by atoms with van der Waals surface area (Å²) >= 11 is 6.17. The number of aliphatic hydroxyl groups is 1. The molecule has 10 nitrogen and oxygen atoms in total. The highest BCUT2D eigenvalue weighted by atomic mass is 35.5. The molecule has 0 bridgehead atoms. The lowest BCUT2D eigenvalue weighted by Gasteiger charge is -2.34. The number of hydrogen-bond acceptors (Lipinski definition) is 7. The van der Waals surface area contributed by atoms with E-state index in [1.54, 1.807) is 12.1 Å². The Hall–Kier alpha value is -4.00. The van der Waals surface area contributed by atoms with E-state index in [2.05, 4.69) is 32.2 Å². The van der Waals surface area contributed by atoms with Crippen LogP contribution in [0.4, 0.5) is 14.5 Å². The number of likely N-dealkylation sites (tertiary alicyclic amines) is 1. The van der Waals surface area contributed by atoms with E-state index < -0.39 is 25.0 Å². The van der Waals surface area contributed by atoms with Crippen LogP contribution in [0.1, 0.15) is 39.9 Å². The second kappa shape index (κ2) is 12.5. The first kappa shape index (κ1) is 30.0. The molecule has 2 aromatic carbocycles. The Bertz CT molecular complexity index is 1750. The molecular weight excluding hydrogens is 594 g/mol. The summed E-state index contributed by atoms with van der Waals surface area (Å²) in [6, 6.07) is 8.27. The largest absolute Gasteiger partial charge is 0.489 e. The van der Waals surface area contributed by atoms with E-state index in [1.807, 2.05) is 11.0 Å². The van der Waals surface area contributed by atoms with Crippen molar-refractivity contribution >= 4 is 34.2 Å². The number of nitrogens with zero attached hydrogens (tertiary/aromatic N) is 3. The van der Waals surface area contributed by atoms with E-state index in [1.165, 1.54) is 18.3 Å². The zero-order valence-corrected chi connectivity index (χ0v) is 24.9. The highest BCUT2D eigenvalue weighted by Gasteiger charge is 2.34. The number of hydrogen-bond donors (Lipinski definition) is 4. The lowest BCUT2D eigenvalue weighted by molar-refractivity contribution is 0.0617. The van der Waals surface area contributed by atoms with Crippen molar-refractivity contribution in [3.8, 4) is 17.1 Å². The first-order valence-corrected chi connectivity index (χ1v) is 14.9. The number of alkyl halides is 2. The molecule has 6 rings (SSSR count). The number of carbonyl (C=O) groups excluding carboxylic acids is 1. The van der Waals surface area contributed by atoms with Crippen LogP contribution < -0.4 is 15.6 Å². The Kier molecular flexibility index (Phi) is 8.57. The van der Waals surface area contributed by atoms with Gasteiger partial charge in [0.25, 0.3) is 11.5 Å². The quantitative estimate of drug-likeness (QED) is 0.205. The number of aliphatic hydroxyl groups excluding tert-OH is 1. The average molecular weight is 627 g/mol. The maximum atomic E-state index is 13.3. The summed E-state index contributed by atoms with van der Waals surface area (Å²) in [7, 11) is 2.09. The van der Waals surface area contributed by atoms with Crippen molar-refractivity contribution in [3.05, 3.63) is 74.2 Å². The van der Waals surface area contributed by atoms with Gasteiger partial charge in [0, 0.05) is 36.5 Å². The monoisotopic (exact) mass is 626 g/mol. The molecule has 2 aliphatic heterocycles. The van der Waals surface area contributed by atoms with Crippen molar-refractivity contribution in [1.82, 2.24) is 24.8 Å². The van der Waals surface area contributed by atoms with E-state index in [-0.39, 0.29) is 52.6 Å². The molecule has 232 valence electrons. The number of rotatable bonds is 10. The van der Waals surface area contributed by atoms with Crippen molar-refractivity contribution in [2.24, 2.45) is 0 Å². The highest BCUT2D eigenvalue weighted by molar-refractivity contribution is 6.32. The lowest BCUT2D eigenvalue weighted by Crippen LogP contribution is -2.43. The summed E-state index contributed by atoms with van der Waals surface area (Å²) in [6.45, 7) is 0.556. The molecule has 0 radical (unpaired) electrons. The minimum atomic E-state index is -1.06. The summed E-state index contributed by atoms with van der Waals surface area (Å²) in [5.41, 5.74) is 3.42. The van der Waals surface area contributed by atoms with Gasteiger partial charge in [0.2, 0.25) is 0 Å². The zero-order chi connectivity index (χ0) is 31.0. The molecule has 2 aromatic heterocycles. The van der Waals surface area contributed by atoms with Crippen molar-refractivity contribution in [3.63, 3.8) is 0 Å². The number of piperidine rings is 1. The van der Waals surface area contributed by atoms with Crippen LogP contribution in [0, 0.1) is 0 Å². The number of aromatic amines is 2. The van der Waals surface area contributed by atoms with Crippen LogP contribution in [0.15, 0.2) is 41.3 Å². The predicted octanol–water partition coefficient (Wildman–Crippen LogP) is 4.41. The number of carbonyl (C=O) groups is 1. The summed E-state index contributed by atoms with van der Waals surface area (Å²) < 4.78 is 32.0. The van der Waals surface area contributed by atoms with Gasteiger partial charge in [0.05, 0.1) is 21.7 Å². The van der Waals surface area contributed by atoms with E-state index >= 15 is 0 Å². The number of halogens is 3. The van der Waals surface area contributed by atoms with Crippen LogP contribution >= 0.6 is 11.6 Å². The summed E-state index contributed by atoms with van der Waals surface area (Å²) in [4.78, 5) is 41.0. The molecule has 13 heteroatoms. The second-order valence-electron chi connectivity index (χ2n) is 11.4. The van der Waals surface area contributed by atoms with E-state index in [0.717, 1.165) is 31.5 Å². The molecule has 4 heterocycles. The average Bonchev–Trinajstić information content (AvgIpc) is 3.58. The number of ether oxygens (including phenoxy) is 1. The molecule has 44 heavy (non-hydrogen) atoms. The first-order valence-electron chi connectivity index (χ1n) is 14.5. The Morgan fingerprint density at radius 2 is 1.98 bits per heavy atom. The molecule has 2 aliphatic rings. The van der Waals surface area contributed by atoms with Gasteiger partial charge in [-0.25, -0.2) is 13.8 Å². The summed E-state index contributed by atoms with van der Waals surface area (Å²) in [5, 5.41) is 13.7. The molecule has 0 spiro atoms. The second-order valence-corrected chi connectivity index (χ2v) is 11.7. The fraction of sp³-hybridized carbons (Fsp3) is 0.387. The van der Waals surface area contributed by atoms with Gasteiger partial charge in [-0.3, -0.25) is 9.59 Å². The van der Waals surface area contributed by atoms with Gasteiger partial charge < -0.3 is 34.9 Å². The minimum Gasteiger partial charge on any atom is -0.489 e. The van der Waals surface area contributed by atoms with Gasteiger partial charge in [0.1, 0.15) is 43.2 Å². The smallest absolute Gasteiger partial charge is 0.261 e. The topological polar surface area (TPSA) is 127 Å². The standard InChI is InChI=1S/C31H33ClF2N6O4/c1-39-6-3-20(4-7-39)40-15-19-10-24-25(11-22(19)31(40)43)38-29(37-24)27-23(2-5-35-30(27)42)36-14-21(41)16-44-26-9-17(12-33)8-18(13-34)28(26)32/h2,5,8-11,20-21,41H,3-4,6-7,12-16H2,1H3,(H,37,38)(H2,35,36,42)/t21-/m1/s1. The molecule has 1 amide bonds. The molecule has 1 fully saturated rings. The number of nitrogens with one attached hydrogen (secondary N) is 3. The molecule has 0 unspecified atom stereocenters. The zero-order valence-electron chi connectivity index (χ0n) is 24.1. The Labute approximate surface area is 257 Å². The number of aromatic nitrogens is 3. The Morgan fingerprint density at radius 1 is 1.18 bits per heavy atom. The predicted molar refractivity (Wildman–Crippen MR) is 164 cm³/mol. The Balaban J connectivity index is 1.17. The Morgan fingerprint density at radius 3 is 2.73 bits per heavy atom. The van der Waals surface area contributed by atoms with Crippen LogP contribution in [0.3, 0.4) is 0 Å². The van der Waals surface area contributed by atoms with Crippen LogP contribution in [0.2, 0.25) is 5.02 Å². The summed E-state index contributed by atoms with van der Waals surface area (Å²) in [6.07, 6.45) is 2.32. The van der Waals surface area contributed by atoms with Crippen molar-refractivity contribution < 1.29 is 23.4 Å². The van der Waals surface area contributed by atoms with Crippen LogP contribution in [0.5, 0.6) is 5.75 Å². The van der Waals surface area contributed by atoms with E-state index in [9.17, 15) is 23.5 Å². The number of H-pyrrole nitrogens is 2. The van der Waals surface area contributed by atoms with Crippen LogP contribution in [-0.4, -0.2) is 81.2 Å². The number of amides is 1. The number of benzene rings is 2. The van der Waals surface area contributed by atoms with Crippen molar-refractivity contribution in [2.75, 3.05) is 38.6 Å². The van der Waals surface area contributed by atoms with Crippen molar-refractivity contribution in [1.29, 1.82) is 0 Å². The fourth-order valence-electron chi connectivity index (χ4n) is 5.89. The van der Waals surface area contributed by atoms with E-state index in [0.29, 0.717) is 34.7 Å². The van der Waals surface area contributed by atoms with Crippen molar-refractivity contribution in [2.45, 2.75) is 44.9 Å². The van der Waals surface area contributed by atoms with Gasteiger partial charge >= 0.3 is 0 Å². The van der Waals surface area contributed by atoms with Gasteiger partial charge in [-0.1, -0.05) is 11.6 Å². The van der Waals surface area contributed by atoms with Crippen LogP contribution in [0.25, 0.3) is 22.4 Å². The van der Waals surface area contributed by atoms with Gasteiger partial charge in [0.15, 0.2) is 0 Å². The molecule has 4 aromatic rings. The third-order valence-corrected chi connectivity index (χ3v) is 8.73. The van der Waals surface area contributed by atoms with E-state index in [4.69, 9.17) is 16.3 Å². The number of imidazole rings is 1. The number of anilines is 1. The molecule has 0 saturated carbocycles. The van der Waals surface area contributed by atoms with Gasteiger partial charge in [-0.05, 0) is 74.4 Å². The first-order chi connectivity index (χ1) is 21.2. The fourth-order valence-corrected chi connectivity index (χ4v) is 6.11. The number of pyridine rings is 1. The number of fused-ring (bicyclic) bond motifs is 2. The highest BCUT2D eigenvalue weighted by Crippen LogP contribution is 2.33. The minimum absolute atomic E-state index is 0.00995. The SMILES string of the molecule is CN1CCC(N2Cc3cc4[nH]c(-c5c(NC[C@@H](O)COc6cc(CF)cc(CF)c6Cl)cc[nH]c5=O)nc4cc3C2=O)CC1. The normalized spacial score (nSPS) is 16.5. The molecule has 1 atom stereocenters. The molecule has 4 N–H and O–H groups in total. The molecule has 1 saturated heterocycles. The van der Waals surface area contributed by atoms with Gasteiger partial charge in [-0.15, -0.1) is 0 Å². The van der Waals surface area contributed by atoms with Gasteiger partial charge in [-0.2, -0.15) is 0 Å². The third kappa shape index (κ3) is 5.89. The maximum absolute atomic E-state index is 13.3.